The molecule has 0 radical (unpaired) electrons. The second kappa shape index (κ2) is 9.68. The highest BCUT2D eigenvalue weighted by Gasteiger charge is 2.30. The molecule has 1 heterocycles. The molecule has 30 heavy (non-hydrogen) atoms. The number of halogens is 1. The van der Waals surface area contributed by atoms with E-state index in [1.165, 1.54) is 16.4 Å². The molecular formula is C22H28FN3O3S. The fourth-order valence-electron chi connectivity index (χ4n) is 3.62. The fourth-order valence-corrected chi connectivity index (χ4v) is 5.09. The summed E-state index contributed by atoms with van der Waals surface area (Å²) in [4.78, 5) is 14.8. The van der Waals surface area contributed by atoms with Crippen LogP contribution in [0, 0.1) is 5.82 Å². The third-order valence-electron chi connectivity index (χ3n) is 5.53. The van der Waals surface area contributed by atoms with Gasteiger partial charge < -0.3 is 5.32 Å². The van der Waals surface area contributed by atoms with Crippen molar-refractivity contribution in [3.63, 3.8) is 0 Å². The lowest BCUT2D eigenvalue weighted by Gasteiger charge is -2.28. The van der Waals surface area contributed by atoms with Gasteiger partial charge in [-0.3, -0.25) is 9.69 Å². The molecule has 0 bridgehead atoms. The molecule has 0 aromatic heterocycles. The molecule has 1 amide bonds. The Hall–Kier alpha value is -2.29. The van der Waals surface area contributed by atoms with Gasteiger partial charge in [0.15, 0.2) is 0 Å². The van der Waals surface area contributed by atoms with Gasteiger partial charge in [0.05, 0.1) is 17.0 Å². The van der Waals surface area contributed by atoms with Gasteiger partial charge in [-0.15, -0.1) is 0 Å². The molecule has 0 aliphatic carbocycles. The Kier molecular flexibility index (Phi) is 7.23. The van der Waals surface area contributed by atoms with Crippen LogP contribution in [0.4, 0.5) is 4.39 Å². The fraction of sp³-hybridized carbons (Fsp3) is 0.409. The molecule has 1 aliphatic heterocycles. The second-order valence-corrected chi connectivity index (χ2v) is 9.50. The average Bonchev–Trinajstić information content (AvgIpc) is 3.01. The first-order valence-corrected chi connectivity index (χ1v) is 11.6. The summed E-state index contributed by atoms with van der Waals surface area (Å²) in [5, 5.41) is 3.04. The number of hydrogen-bond acceptors (Lipinski definition) is 4. The van der Waals surface area contributed by atoms with E-state index in [9.17, 15) is 17.6 Å². The zero-order valence-corrected chi connectivity index (χ0v) is 18.1. The third-order valence-corrected chi connectivity index (χ3v) is 7.44. The molecule has 2 unspecified atom stereocenters. The van der Waals surface area contributed by atoms with E-state index in [0.717, 1.165) is 17.7 Å². The molecule has 2 aromatic rings. The Morgan fingerprint density at radius 1 is 0.967 bits per heavy atom. The van der Waals surface area contributed by atoms with Crippen LogP contribution in [-0.4, -0.2) is 55.8 Å². The van der Waals surface area contributed by atoms with Crippen molar-refractivity contribution in [2.45, 2.75) is 37.2 Å². The molecule has 0 spiro atoms. The van der Waals surface area contributed by atoms with Crippen molar-refractivity contribution in [1.29, 1.82) is 0 Å². The molecule has 2 aromatic carbocycles. The Morgan fingerprint density at radius 2 is 1.63 bits per heavy atom. The van der Waals surface area contributed by atoms with Crippen LogP contribution in [0.5, 0.6) is 0 Å². The number of rotatable bonds is 6. The SMILES string of the molecule is CC(NC(=O)C(C)N1CCCN(S(=O)(=O)c2ccc(F)cc2)CC1)c1ccccc1. The lowest BCUT2D eigenvalue weighted by molar-refractivity contribution is -0.126. The van der Waals surface area contributed by atoms with E-state index in [2.05, 4.69) is 5.32 Å². The van der Waals surface area contributed by atoms with Crippen molar-refractivity contribution in [2.75, 3.05) is 26.2 Å². The van der Waals surface area contributed by atoms with Gasteiger partial charge in [-0.25, -0.2) is 12.8 Å². The van der Waals surface area contributed by atoms with Crippen LogP contribution in [0.3, 0.4) is 0 Å². The van der Waals surface area contributed by atoms with E-state index in [0.29, 0.717) is 26.1 Å². The van der Waals surface area contributed by atoms with Crippen LogP contribution < -0.4 is 5.32 Å². The number of nitrogens with zero attached hydrogens (tertiary/aromatic N) is 2. The van der Waals surface area contributed by atoms with Gasteiger partial charge >= 0.3 is 0 Å². The summed E-state index contributed by atoms with van der Waals surface area (Å²) in [6.45, 7) is 5.52. The van der Waals surface area contributed by atoms with E-state index in [-0.39, 0.29) is 29.4 Å². The van der Waals surface area contributed by atoms with Gasteiger partial charge in [0.25, 0.3) is 0 Å². The molecule has 6 nitrogen and oxygen atoms in total. The van der Waals surface area contributed by atoms with Crippen molar-refractivity contribution < 1.29 is 17.6 Å². The van der Waals surface area contributed by atoms with E-state index < -0.39 is 15.8 Å². The second-order valence-electron chi connectivity index (χ2n) is 7.56. The molecule has 2 atom stereocenters. The monoisotopic (exact) mass is 433 g/mol. The Labute approximate surface area is 177 Å². The summed E-state index contributed by atoms with van der Waals surface area (Å²) in [6.07, 6.45) is 0.617. The summed E-state index contributed by atoms with van der Waals surface area (Å²) in [6, 6.07) is 14.1. The molecule has 1 N–H and O–H groups in total. The molecule has 0 saturated carbocycles. The number of nitrogens with one attached hydrogen (secondary N) is 1. The summed E-state index contributed by atoms with van der Waals surface area (Å²) in [7, 11) is -3.69. The minimum absolute atomic E-state index is 0.0822. The summed E-state index contributed by atoms with van der Waals surface area (Å²) in [5.74, 6) is -0.554. The highest BCUT2D eigenvalue weighted by atomic mass is 32.2. The minimum atomic E-state index is -3.69. The number of benzene rings is 2. The average molecular weight is 434 g/mol. The first-order chi connectivity index (χ1) is 14.3. The summed E-state index contributed by atoms with van der Waals surface area (Å²) >= 11 is 0. The largest absolute Gasteiger partial charge is 0.348 e. The quantitative estimate of drug-likeness (QED) is 0.761. The molecule has 3 rings (SSSR count). The van der Waals surface area contributed by atoms with Crippen molar-refractivity contribution in [1.82, 2.24) is 14.5 Å². The molecule has 162 valence electrons. The number of sulfonamides is 1. The number of carbonyl (C=O) groups excluding carboxylic acids is 1. The smallest absolute Gasteiger partial charge is 0.243 e. The van der Waals surface area contributed by atoms with Crippen LogP contribution in [0.1, 0.15) is 31.9 Å². The van der Waals surface area contributed by atoms with E-state index >= 15 is 0 Å². The van der Waals surface area contributed by atoms with Crippen LogP contribution in [0.25, 0.3) is 0 Å². The topological polar surface area (TPSA) is 69.7 Å². The molecule has 1 saturated heterocycles. The summed E-state index contributed by atoms with van der Waals surface area (Å²) < 4.78 is 40.3. The molecule has 1 aliphatic rings. The maximum Gasteiger partial charge on any atom is 0.243 e. The number of hydrogen-bond donors (Lipinski definition) is 1. The predicted molar refractivity (Wildman–Crippen MR) is 114 cm³/mol. The van der Waals surface area contributed by atoms with Gasteiger partial charge in [0.2, 0.25) is 15.9 Å². The maximum absolute atomic E-state index is 13.1. The van der Waals surface area contributed by atoms with Gasteiger partial charge in [-0.1, -0.05) is 30.3 Å². The van der Waals surface area contributed by atoms with Gasteiger partial charge in [-0.2, -0.15) is 4.31 Å². The lowest BCUT2D eigenvalue weighted by Crippen LogP contribution is -2.47. The Bertz CT molecular complexity index is 951. The van der Waals surface area contributed by atoms with Crippen molar-refractivity contribution in [2.24, 2.45) is 0 Å². The minimum Gasteiger partial charge on any atom is -0.348 e. The third kappa shape index (κ3) is 5.24. The maximum atomic E-state index is 13.1. The highest BCUT2D eigenvalue weighted by Crippen LogP contribution is 2.19. The Balaban J connectivity index is 1.61. The molecule has 8 heteroatoms. The van der Waals surface area contributed by atoms with Crippen LogP contribution in [0.15, 0.2) is 59.5 Å². The summed E-state index contributed by atoms with van der Waals surface area (Å²) in [5.41, 5.74) is 1.03. The predicted octanol–water partition coefficient (Wildman–Crippen LogP) is 2.79. The normalized spacial score (nSPS) is 18.4. The lowest BCUT2D eigenvalue weighted by atomic mass is 10.1. The van der Waals surface area contributed by atoms with Gasteiger partial charge in [-0.05, 0) is 50.1 Å². The van der Waals surface area contributed by atoms with Crippen LogP contribution >= 0.6 is 0 Å². The van der Waals surface area contributed by atoms with Gasteiger partial charge in [0, 0.05) is 26.2 Å². The van der Waals surface area contributed by atoms with Gasteiger partial charge in [0.1, 0.15) is 5.82 Å². The first kappa shape index (κ1) is 22.4. The Morgan fingerprint density at radius 3 is 2.30 bits per heavy atom. The van der Waals surface area contributed by atoms with Crippen molar-refractivity contribution in [3.05, 3.63) is 66.0 Å². The first-order valence-electron chi connectivity index (χ1n) is 10.1. The standard InChI is InChI=1S/C22H28FN3O3S/c1-17(19-7-4-3-5-8-19)24-22(27)18(2)25-13-6-14-26(16-15-25)30(28,29)21-11-9-20(23)10-12-21/h3-5,7-12,17-18H,6,13-16H2,1-2H3,(H,24,27). The van der Waals surface area contributed by atoms with E-state index in [1.54, 1.807) is 0 Å². The van der Waals surface area contributed by atoms with Crippen LogP contribution in [-0.2, 0) is 14.8 Å². The number of amides is 1. The van der Waals surface area contributed by atoms with Crippen LogP contribution in [0.2, 0.25) is 0 Å². The van der Waals surface area contributed by atoms with Crippen molar-refractivity contribution in [3.8, 4) is 0 Å². The van der Waals surface area contributed by atoms with E-state index in [1.807, 2.05) is 49.1 Å². The zero-order valence-electron chi connectivity index (χ0n) is 17.3. The highest BCUT2D eigenvalue weighted by molar-refractivity contribution is 7.89. The number of carbonyl (C=O) groups is 1. The van der Waals surface area contributed by atoms with Crippen molar-refractivity contribution >= 4 is 15.9 Å². The van der Waals surface area contributed by atoms with E-state index in [4.69, 9.17) is 0 Å². The zero-order chi connectivity index (χ0) is 21.7. The molecule has 1 fully saturated rings. The molecular weight excluding hydrogens is 405 g/mol.